The van der Waals surface area contributed by atoms with Gasteiger partial charge in [0.25, 0.3) is 5.91 Å². The third-order valence-electron chi connectivity index (χ3n) is 6.46. The van der Waals surface area contributed by atoms with Crippen LogP contribution in [0, 0.1) is 11.7 Å². The molecular weight excluding hydrogens is 465 g/mol. The first-order valence-electron chi connectivity index (χ1n) is 12.1. The fourth-order valence-electron chi connectivity index (χ4n) is 4.51. The summed E-state index contributed by atoms with van der Waals surface area (Å²) in [4.78, 5) is 31.3. The summed E-state index contributed by atoms with van der Waals surface area (Å²) in [7, 11) is 1.56. The Hall–Kier alpha value is -3.72. The van der Waals surface area contributed by atoms with Crippen molar-refractivity contribution in [3.05, 3.63) is 82.8 Å². The molecule has 0 radical (unpaired) electrons. The minimum absolute atomic E-state index is 0.0273. The lowest BCUT2D eigenvalue weighted by Gasteiger charge is -2.38. The van der Waals surface area contributed by atoms with E-state index in [2.05, 4.69) is 10.3 Å². The van der Waals surface area contributed by atoms with Gasteiger partial charge in [-0.3, -0.25) is 9.59 Å². The van der Waals surface area contributed by atoms with Crippen LogP contribution in [0.25, 0.3) is 0 Å². The molecule has 1 aromatic heterocycles. The van der Waals surface area contributed by atoms with Crippen LogP contribution in [0.4, 0.5) is 4.39 Å². The van der Waals surface area contributed by atoms with E-state index in [1.165, 1.54) is 18.4 Å². The van der Waals surface area contributed by atoms with Gasteiger partial charge in [-0.15, -0.1) is 0 Å². The summed E-state index contributed by atoms with van der Waals surface area (Å²) in [5.41, 5.74) is 2.92. The van der Waals surface area contributed by atoms with Crippen molar-refractivity contribution in [1.82, 2.24) is 15.2 Å². The molecule has 1 saturated carbocycles. The molecule has 1 N–H and O–H groups in total. The highest BCUT2D eigenvalue weighted by Crippen LogP contribution is 2.41. The van der Waals surface area contributed by atoms with E-state index < -0.39 is 0 Å². The number of hydrogen-bond donors (Lipinski definition) is 1. The number of nitrogens with zero attached hydrogens (tertiary/aromatic N) is 2. The summed E-state index contributed by atoms with van der Waals surface area (Å²) in [6, 6.07) is 11.8. The van der Waals surface area contributed by atoms with Crippen molar-refractivity contribution in [1.29, 1.82) is 0 Å². The molecule has 2 heterocycles. The van der Waals surface area contributed by atoms with E-state index in [0.29, 0.717) is 25.4 Å². The molecule has 188 valence electrons. The van der Waals surface area contributed by atoms with Crippen molar-refractivity contribution >= 4 is 11.8 Å². The SMILES string of the molecule is COCCNC(=O)c1coc(COc2ccc3c(c2)[C@@H](c2cccc(F)c2)N(C(=O)C2CC2)CC3)n1. The summed E-state index contributed by atoms with van der Waals surface area (Å²) < 4.78 is 30.4. The molecule has 0 saturated heterocycles. The zero-order valence-electron chi connectivity index (χ0n) is 20.0. The number of carbonyl (C=O) groups is 2. The first-order chi connectivity index (χ1) is 17.5. The Balaban J connectivity index is 1.35. The molecular formula is C27H28FN3O5. The second-order valence-corrected chi connectivity index (χ2v) is 9.04. The van der Waals surface area contributed by atoms with Gasteiger partial charge in [0.2, 0.25) is 11.8 Å². The van der Waals surface area contributed by atoms with Crippen molar-refractivity contribution in [3.63, 3.8) is 0 Å². The van der Waals surface area contributed by atoms with Gasteiger partial charge in [0.05, 0.1) is 12.6 Å². The smallest absolute Gasteiger partial charge is 0.273 e. The van der Waals surface area contributed by atoms with Gasteiger partial charge >= 0.3 is 0 Å². The standard InChI is InChI=1S/C27H28FN3O5/c1-34-12-10-29-26(32)23-15-36-24(30-23)16-35-21-8-7-17-9-11-31(27(33)18-5-6-18)25(22(17)14-21)19-3-2-4-20(28)13-19/h2-4,7-8,13-15,18,25H,5-6,9-12,16H2,1H3,(H,29,32)/t25-/m1/s1. The Labute approximate surface area is 208 Å². The van der Waals surface area contributed by atoms with Crippen LogP contribution >= 0.6 is 0 Å². The Morgan fingerprint density at radius 2 is 2.08 bits per heavy atom. The number of halogens is 1. The number of aromatic nitrogens is 1. The fourth-order valence-corrected chi connectivity index (χ4v) is 4.51. The molecule has 0 bridgehead atoms. The number of methoxy groups -OCH3 is 1. The Morgan fingerprint density at radius 1 is 1.22 bits per heavy atom. The molecule has 2 amide bonds. The molecule has 1 fully saturated rings. The predicted octanol–water partition coefficient (Wildman–Crippen LogP) is 3.65. The highest BCUT2D eigenvalue weighted by Gasteiger charge is 2.39. The topological polar surface area (TPSA) is 93.9 Å². The molecule has 2 aliphatic rings. The fraction of sp³-hybridized carbons (Fsp3) is 0.370. The lowest BCUT2D eigenvalue weighted by Crippen LogP contribution is -2.41. The van der Waals surface area contributed by atoms with Crippen molar-refractivity contribution in [2.24, 2.45) is 5.92 Å². The lowest BCUT2D eigenvalue weighted by molar-refractivity contribution is -0.134. The monoisotopic (exact) mass is 493 g/mol. The number of benzene rings is 2. The normalized spacial score (nSPS) is 16.9. The molecule has 1 atom stereocenters. The van der Waals surface area contributed by atoms with E-state index in [0.717, 1.165) is 36.0 Å². The van der Waals surface area contributed by atoms with E-state index in [1.807, 2.05) is 29.2 Å². The van der Waals surface area contributed by atoms with Gasteiger partial charge in [0.1, 0.15) is 17.8 Å². The predicted molar refractivity (Wildman–Crippen MR) is 128 cm³/mol. The van der Waals surface area contributed by atoms with Crippen LogP contribution in [0.1, 0.15) is 52.0 Å². The first kappa shape index (κ1) is 24.0. The molecule has 3 aromatic rings. The van der Waals surface area contributed by atoms with Gasteiger partial charge in [-0.25, -0.2) is 9.37 Å². The van der Waals surface area contributed by atoms with Gasteiger partial charge < -0.3 is 24.1 Å². The van der Waals surface area contributed by atoms with Crippen LogP contribution in [-0.4, -0.2) is 48.5 Å². The van der Waals surface area contributed by atoms with E-state index in [-0.39, 0.29) is 47.8 Å². The van der Waals surface area contributed by atoms with Gasteiger partial charge in [-0.05, 0) is 60.2 Å². The molecule has 1 aliphatic heterocycles. The van der Waals surface area contributed by atoms with Crippen LogP contribution in [-0.2, 0) is 22.6 Å². The Bertz CT molecular complexity index is 1260. The number of carbonyl (C=O) groups excluding carboxylic acids is 2. The molecule has 8 nitrogen and oxygen atoms in total. The molecule has 9 heteroatoms. The van der Waals surface area contributed by atoms with Crippen molar-refractivity contribution in [2.75, 3.05) is 26.8 Å². The zero-order valence-corrected chi connectivity index (χ0v) is 20.0. The average molecular weight is 494 g/mol. The number of rotatable bonds is 9. The van der Waals surface area contributed by atoms with Crippen LogP contribution < -0.4 is 10.1 Å². The first-order valence-corrected chi connectivity index (χ1v) is 12.1. The summed E-state index contributed by atoms with van der Waals surface area (Å²) in [5.74, 6) is 0.327. The van der Waals surface area contributed by atoms with Gasteiger partial charge in [-0.2, -0.15) is 0 Å². The quantitative estimate of drug-likeness (QED) is 0.458. The maximum Gasteiger partial charge on any atom is 0.273 e. The highest BCUT2D eigenvalue weighted by atomic mass is 19.1. The number of amides is 2. The molecule has 1 aliphatic carbocycles. The van der Waals surface area contributed by atoms with Gasteiger partial charge in [-0.1, -0.05) is 18.2 Å². The molecule has 2 aromatic carbocycles. The van der Waals surface area contributed by atoms with Gasteiger partial charge in [0, 0.05) is 26.1 Å². The molecule has 5 rings (SSSR count). The van der Waals surface area contributed by atoms with Crippen molar-refractivity contribution in [2.45, 2.75) is 31.9 Å². The van der Waals surface area contributed by atoms with E-state index in [4.69, 9.17) is 13.9 Å². The zero-order chi connectivity index (χ0) is 25.1. The van der Waals surface area contributed by atoms with Gasteiger partial charge in [0.15, 0.2) is 12.3 Å². The Morgan fingerprint density at radius 3 is 2.86 bits per heavy atom. The maximum atomic E-state index is 14.2. The third kappa shape index (κ3) is 5.26. The number of hydrogen-bond acceptors (Lipinski definition) is 6. The van der Waals surface area contributed by atoms with Crippen LogP contribution in [0.3, 0.4) is 0 Å². The molecule has 0 unspecified atom stereocenters. The van der Waals surface area contributed by atoms with Crippen molar-refractivity contribution in [3.8, 4) is 5.75 Å². The molecule has 0 spiro atoms. The number of fused-ring (bicyclic) bond motifs is 1. The Kier molecular flexibility index (Phi) is 6.99. The summed E-state index contributed by atoms with van der Waals surface area (Å²) in [6.07, 6.45) is 3.82. The van der Waals surface area contributed by atoms with Crippen LogP contribution in [0.2, 0.25) is 0 Å². The summed E-state index contributed by atoms with van der Waals surface area (Å²) in [5, 5.41) is 2.68. The maximum absolute atomic E-state index is 14.2. The second-order valence-electron chi connectivity index (χ2n) is 9.04. The van der Waals surface area contributed by atoms with Crippen LogP contribution in [0.15, 0.2) is 53.1 Å². The van der Waals surface area contributed by atoms with E-state index in [9.17, 15) is 14.0 Å². The largest absolute Gasteiger partial charge is 0.484 e. The van der Waals surface area contributed by atoms with Crippen LogP contribution in [0.5, 0.6) is 5.75 Å². The molecule has 36 heavy (non-hydrogen) atoms. The second kappa shape index (κ2) is 10.5. The minimum Gasteiger partial charge on any atom is -0.484 e. The minimum atomic E-state index is -0.384. The van der Waals surface area contributed by atoms with E-state index >= 15 is 0 Å². The third-order valence-corrected chi connectivity index (χ3v) is 6.46. The van der Waals surface area contributed by atoms with E-state index in [1.54, 1.807) is 13.2 Å². The average Bonchev–Trinajstić information content (AvgIpc) is 3.63. The number of ether oxygens (including phenoxy) is 2. The summed E-state index contributed by atoms with van der Waals surface area (Å²) in [6.45, 7) is 1.39. The summed E-state index contributed by atoms with van der Waals surface area (Å²) >= 11 is 0. The highest BCUT2D eigenvalue weighted by molar-refractivity contribution is 5.91. The number of nitrogens with one attached hydrogen (secondary N) is 1. The lowest BCUT2D eigenvalue weighted by atomic mass is 9.87. The van der Waals surface area contributed by atoms with Crippen molar-refractivity contribution < 1.29 is 27.9 Å². The number of oxazole rings is 1.